The van der Waals surface area contributed by atoms with Crippen LogP contribution in [0.4, 0.5) is 5.69 Å². The van der Waals surface area contributed by atoms with Gasteiger partial charge in [-0.3, -0.25) is 4.79 Å². The summed E-state index contributed by atoms with van der Waals surface area (Å²) in [6.45, 7) is 1.76. The zero-order chi connectivity index (χ0) is 21.3. The highest BCUT2D eigenvalue weighted by Gasteiger charge is 2.24. The fraction of sp³-hybridized carbons (Fsp3) is 0.190. The molecule has 0 atom stereocenters. The van der Waals surface area contributed by atoms with E-state index in [1.807, 2.05) is 44.7 Å². The Hall–Kier alpha value is -2.32. The minimum Gasteiger partial charge on any atom is -0.329 e. The normalized spacial score (nSPS) is 16.9. The van der Waals surface area contributed by atoms with Crippen LogP contribution in [-0.4, -0.2) is 46.2 Å². The molecule has 30 heavy (non-hydrogen) atoms. The molecule has 9 heteroatoms. The van der Waals surface area contributed by atoms with Gasteiger partial charge in [0.1, 0.15) is 5.69 Å². The Balaban J connectivity index is 1.60. The summed E-state index contributed by atoms with van der Waals surface area (Å²) in [7, 11) is 4.08. The minimum absolute atomic E-state index is 0.205. The first-order valence-corrected chi connectivity index (χ1v) is 10.8. The molecule has 4 rings (SSSR count). The number of nitrogens with zero attached hydrogens (tertiary/aromatic N) is 4. The number of halogens is 2. The largest absolute Gasteiger partial charge is 0.329 e. The van der Waals surface area contributed by atoms with E-state index in [1.165, 1.54) is 11.8 Å². The molecular formula is C21H19Cl2N5OS. The van der Waals surface area contributed by atoms with Gasteiger partial charge in [0.25, 0.3) is 5.91 Å². The Morgan fingerprint density at radius 3 is 2.73 bits per heavy atom. The minimum atomic E-state index is -0.205. The van der Waals surface area contributed by atoms with Gasteiger partial charge in [-0.1, -0.05) is 35.3 Å². The van der Waals surface area contributed by atoms with E-state index < -0.39 is 0 Å². The smallest absolute Gasteiger partial charge is 0.264 e. The summed E-state index contributed by atoms with van der Waals surface area (Å²) < 4.78 is 2.12. The summed E-state index contributed by atoms with van der Waals surface area (Å²) in [5, 5.41) is 4.07. The second kappa shape index (κ2) is 8.81. The molecule has 1 aromatic heterocycles. The van der Waals surface area contributed by atoms with Gasteiger partial charge in [0.05, 0.1) is 32.3 Å². The number of para-hydroxylation sites is 1. The Morgan fingerprint density at radius 2 is 2.00 bits per heavy atom. The number of rotatable bonds is 5. The Morgan fingerprint density at radius 1 is 1.23 bits per heavy atom. The second-order valence-corrected chi connectivity index (χ2v) is 8.89. The second-order valence-electron chi connectivity index (χ2n) is 7.04. The molecule has 0 radical (unpaired) electrons. The molecule has 2 heterocycles. The molecule has 0 unspecified atom stereocenters. The van der Waals surface area contributed by atoms with Crippen LogP contribution >= 0.6 is 35.0 Å². The number of hydrogen-bond acceptors (Lipinski definition) is 5. The number of carbonyl (C=O) groups is 1. The van der Waals surface area contributed by atoms with Gasteiger partial charge in [-0.2, -0.15) is 0 Å². The lowest BCUT2D eigenvalue weighted by atomic mass is 10.2. The number of carbonyl (C=O) groups excluding carboxylic acids is 1. The summed E-state index contributed by atoms with van der Waals surface area (Å²) in [5.74, 6) is -0.205. The maximum absolute atomic E-state index is 12.4. The summed E-state index contributed by atoms with van der Waals surface area (Å²) >= 11 is 13.6. The van der Waals surface area contributed by atoms with Crippen molar-refractivity contribution in [2.75, 3.05) is 20.6 Å². The number of amidine groups is 1. The lowest BCUT2D eigenvalue weighted by Crippen LogP contribution is -2.19. The molecule has 1 saturated heterocycles. The molecule has 2 aromatic carbocycles. The van der Waals surface area contributed by atoms with Crippen LogP contribution in [0.1, 0.15) is 5.56 Å². The third-order valence-corrected chi connectivity index (χ3v) is 6.05. The number of nitrogens with one attached hydrogen (secondary N) is 1. The van der Waals surface area contributed by atoms with Crippen molar-refractivity contribution in [3.8, 4) is 0 Å². The maximum atomic E-state index is 12.4. The van der Waals surface area contributed by atoms with Crippen molar-refractivity contribution in [1.82, 2.24) is 19.8 Å². The van der Waals surface area contributed by atoms with Gasteiger partial charge in [-0.05, 0) is 61.8 Å². The number of likely N-dealkylation sites (N-methyl/N-ethyl adjacent to an activating group) is 1. The molecule has 3 aromatic rings. The highest BCUT2D eigenvalue weighted by Crippen LogP contribution is 2.35. The van der Waals surface area contributed by atoms with Gasteiger partial charge in [0, 0.05) is 13.1 Å². The fourth-order valence-corrected chi connectivity index (χ4v) is 4.29. The number of amides is 1. The van der Waals surface area contributed by atoms with E-state index in [0.29, 0.717) is 25.8 Å². The third-order valence-electron chi connectivity index (χ3n) is 4.53. The Kier molecular flexibility index (Phi) is 6.15. The number of hydrogen-bond donors (Lipinski definition) is 1. The van der Waals surface area contributed by atoms with Crippen LogP contribution in [0.5, 0.6) is 0 Å². The number of imidazole rings is 1. The monoisotopic (exact) mass is 459 g/mol. The van der Waals surface area contributed by atoms with Crippen molar-refractivity contribution in [3.63, 3.8) is 0 Å². The highest BCUT2D eigenvalue weighted by atomic mass is 35.5. The van der Waals surface area contributed by atoms with E-state index in [9.17, 15) is 4.79 Å². The van der Waals surface area contributed by atoms with Gasteiger partial charge < -0.3 is 14.8 Å². The first kappa shape index (κ1) is 20.9. The standard InChI is InChI=1S/C21H19Cl2N5OS/c1-27(2)8-9-28-12-24-16-7-6-13(10-17(16)28)11-18-20(29)26-21(30-18)25-19-14(22)4-3-5-15(19)23/h3-7,10-12H,8-9H2,1-2H3,(H,25,26,29)/b18-11+. The predicted octanol–water partition coefficient (Wildman–Crippen LogP) is 4.80. The van der Waals surface area contributed by atoms with Gasteiger partial charge in [-0.15, -0.1) is 0 Å². The van der Waals surface area contributed by atoms with Crippen LogP contribution < -0.4 is 5.32 Å². The molecule has 0 saturated carbocycles. The SMILES string of the molecule is CN(C)CCn1cnc2ccc(/C=C3/SC(=Nc4c(Cl)cccc4Cl)NC3=O)cc21. The summed E-state index contributed by atoms with van der Waals surface area (Å²) in [6.07, 6.45) is 3.69. The van der Waals surface area contributed by atoms with Crippen LogP contribution in [0.25, 0.3) is 17.1 Å². The Bertz CT molecular complexity index is 1170. The molecule has 1 fully saturated rings. The lowest BCUT2D eigenvalue weighted by molar-refractivity contribution is -0.115. The van der Waals surface area contributed by atoms with Crippen LogP contribution in [0, 0.1) is 0 Å². The van der Waals surface area contributed by atoms with Crippen LogP contribution in [0.3, 0.4) is 0 Å². The van der Waals surface area contributed by atoms with Crippen LogP contribution in [0.15, 0.2) is 52.6 Å². The lowest BCUT2D eigenvalue weighted by Gasteiger charge is -2.10. The molecule has 0 spiro atoms. The first-order valence-electron chi connectivity index (χ1n) is 9.24. The first-order chi connectivity index (χ1) is 14.4. The fourth-order valence-electron chi connectivity index (χ4n) is 2.98. The van der Waals surface area contributed by atoms with Crippen molar-refractivity contribution in [2.24, 2.45) is 4.99 Å². The van der Waals surface area contributed by atoms with E-state index in [1.54, 1.807) is 18.2 Å². The third kappa shape index (κ3) is 4.54. The molecule has 1 aliphatic heterocycles. The van der Waals surface area contributed by atoms with E-state index in [-0.39, 0.29) is 5.91 Å². The number of thioether (sulfide) groups is 1. The van der Waals surface area contributed by atoms with Gasteiger partial charge >= 0.3 is 0 Å². The molecule has 0 aliphatic carbocycles. The maximum Gasteiger partial charge on any atom is 0.264 e. The number of aromatic nitrogens is 2. The molecule has 0 bridgehead atoms. The molecule has 1 N–H and O–H groups in total. The Labute approximate surface area is 188 Å². The summed E-state index contributed by atoms with van der Waals surface area (Å²) in [4.78, 5) is 24.0. The molecular weight excluding hydrogens is 441 g/mol. The van der Waals surface area contributed by atoms with E-state index in [2.05, 4.69) is 24.8 Å². The number of aliphatic imine (C=N–C) groups is 1. The van der Waals surface area contributed by atoms with Crippen molar-refractivity contribution < 1.29 is 4.79 Å². The molecule has 154 valence electrons. The van der Waals surface area contributed by atoms with Crippen molar-refractivity contribution in [3.05, 3.63) is 63.2 Å². The van der Waals surface area contributed by atoms with E-state index >= 15 is 0 Å². The zero-order valence-corrected chi connectivity index (χ0v) is 18.7. The number of fused-ring (bicyclic) bond motifs is 1. The summed E-state index contributed by atoms with van der Waals surface area (Å²) in [5.41, 5.74) is 3.32. The molecule has 1 amide bonds. The van der Waals surface area contributed by atoms with E-state index in [4.69, 9.17) is 23.2 Å². The molecule has 6 nitrogen and oxygen atoms in total. The van der Waals surface area contributed by atoms with E-state index in [0.717, 1.165) is 29.7 Å². The van der Waals surface area contributed by atoms with Crippen molar-refractivity contribution in [2.45, 2.75) is 6.54 Å². The number of benzene rings is 2. The van der Waals surface area contributed by atoms with Gasteiger partial charge in [0.15, 0.2) is 5.17 Å². The predicted molar refractivity (Wildman–Crippen MR) is 126 cm³/mol. The van der Waals surface area contributed by atoms with Crippen molar-refractivity contribution in [1.29, 1.82) is 0 Å². The zero-order valence-electron chi connectivity index (χ0n) is 16.4. The van der Waals surface area contributed by atoms with Gasteiger partial charge in [0.2, 0.25) is 0 Å². The highest BCUT2D eigenvalue weighted by molar-refractivity contribution is 8.18. The van der Waals surface area contributed by atoms with Crippen LogP contribution in [-0.2, 0) is 11.3 Å². The van der Waals surface area contributed by atoms with Crippen molar-refractivity contribution >= 4 is 68.8 Å². The molecule has 1 aliphatic rings. The van der Waals surface area contributed by atoms with Gasteiger partial charge in [-0.25, -0.2) is 9.98 Å². The quantitative estimate of drug-likeness (QED) is 0.556. The average molecular weight is 460 g/mol. The summed E-state index contributed by atoms with van der Waals surface area (Å²) in [6, 6.07) is 11.1. The van der Waals surface area contributed by atoms with Crippen LogP contribution in [0.2, 0.25) is 10.0 Å². The topological polar surface area (TPSA) is 62.5 Å². The average Bonchev–Trinajstić information content (AvgIpc) is 3.26.